The maximum absolute atomic E-state index is 13.3. The van der Waals surface area contributed by atoms with E-state index in [4.69, 9.17) is 5.11 Å². The van der Waals surface area contributed by atoms with Gasteiger partial charge in [0.1, 0.15) is 6.04 Å². The van der Waals surface area contributed by atoms with Crippen LogP contribution in [0.5, 0.6) is 0 Å². The molecule has 0 bridgehead atoms. The van der Waals surface area contributed by atoms with Crippen molar-refractivity contribution in [2.45, 2.75) is 64.1 Å². The van der Waals surface area contributed by atoms with Gasteiger partial charge in [0.05, 0.1) is 6.04 Å². The highest BCUT2D eigenvalue weighted by molar-refractivity contribution is 5.90. The number of carbonyl (C=O) groups is 4. The molecule has 1 fully saturated rings. The molecule has 0 spiro atoms. The summed E-state index contributed by atoms with van der Waals surface area (Å²) in [4.78, 5) is 52.6. The Hall–Kier alpha value is -2.94. The minimum Gasteiger partial charge on any atom is -0.481 e. The number of likely N-dealkylation sites (N-methyl/N-ethyl adjacent to an activating group) is 1. The summed E-state index contributed by atoms with van der Waals surface area (Å²) in [5.74, 6) is -1.72. The van der Waals surface area contributed by atoms with Gasteiger partial charge in [-0.1, -0.05) is 30.3 Å². The number of rotatable bonds is 12. The monoisotopic (exact) mass is 460 g/mol. The molecule has 1 heterocycles. The molecular formula is C24H36N4O5. The zero-order valence-corrected chi connectivity index (χ0v) is 19.8. The summed E-state index contributed by atoms with van der Waals surface area (Å²) in [7, 11) is 1.64. The Morgan fingerprint density at radius 3 is 2.52 bits per heavy atom. The van der Waals surface area contributed by atoms with Gasteiger partial charge in [-0.3, -0.25) is 19.2 Å². The van der Waals surface area contributed by atoms with Gasteiger partial charge in [-0.05, 0) is 45.2 Å². The molecule has 1 aromatic carbocycles. The molecule has 3 N–H and O–H groups in total. The molecule has 1 saturated heterocycles. The summed E-state index contributed by atoms with van der Waals surface area (Å²) < 4.78 is 0. The maximum Gasteiger partial charge on any atom is 0.303 e. The highest BCUT2D eigenvalue weighted by Gasteiger charge is 2.35. The number of nitrogens with zero attached hydrogens (tertiary/aromatic N) is 2. The lowest BCUT2D eigenvalue weighted by Crippen LogP contribution is -2.55. The number of hydrogen-bond donors (Lipinski definition) is 3. The third-order valence-corrected chi connectivity index (χ3v) is 6.14. The first kappa shape index (κ1) is 26.3. The van der Waals surface area contributed by atoms with Gasteiger partial charge >= 0.3 is 5.97 Å². The number of benzene rings is 1. The summed E-state index contributed by atoms with van der Waals surface area (Å²) in [5.41, 5.74) is 1.14. The third-order valence-electron chi connectivity index (χ3n) is 6.14. The van der Waals surface area contributed by atoms with Crippen molar-refractivity contribution in [2.75, 3.05) is 26.7 Å². The van der Waals surface area contributed by atoms with Gasteiger partial charge in [0.25, 0.3) is 0 Å². The highest BCUT2D eigenvalue weighted by atomic mass is 16.4. The van der Waals surface area contributed by atoms with Crippen LogP contribution >= 0.6 is 0 Å². The van der Waals surface area contributed by atoms with E-state index in [0.29, 0.717) is 19.6 Å². The Kier molecular flexibility index (Phi) is 10.3. The lowest BCUT2D eigenvalue weighted by molar-refractivity contribution is -0.141. The Balaban J connectivity index is 2.07. The maximum atomic E-state index is 13.3. The average molecular weight is 461 g/mol. The minimum absolute atomic E-state index is 0.0178. The first-order valence-corrected chi connectivity index (χ1v) is 11.5. The molecule has 9 heteroatoms. The van der Waals surface area contributed by atoms with E-state index in [1.807, 2.05) is 30.3 Å². The molecule has 3 atom stereocenters. The zero-order valence-electron chi connectivity index (χ0n) is 19.8. The largest absolute Gasteiger partial charge is 0.481 e. The van der Waals surface area contributed by atoms with Crippen LogP contribution in [-0.2, 0) is 25.6 Å². The van der Waals surface area contributed by atoms with Crippen LogP contribution in [0.1, 0.15) is 45.1 Å². The molecule has 33 heavy (non-hydrogen) atoms. The normalized spacial score (nSPS) is 17.3. The quantitative estimate of drug-likeness (QED) is 0.429. The number of aliphatic carboxylic acids is 1. The van der Waals surface area contributed by atoms with Crippen molar-refractivity contribution in [1.82, 2.24) is 20.4 Å². The Morgan fingerprint density at radius 2 is 1.91 bits per heavy atom. The number of carbonyl (C=O) groups excluding carboxylic acids is 3. The van der Waals surface area contributed by atoms with Gasteiger partial charge in [-0.25, -0.2) is 0 Å². The van der Waals surface area contributed by atoms with Crippen LogP contribution < -0.4 is 10.6 Å². The second kappa shape index (κ2) is 12.9. The van der Waals surface area contributed by atoms with Crippen LogP contribution in [-0.4, -0.2) is 83.4 Å². The number of nitrogens with one attached hydrogen (secondary N) is 2. The number of amides is 3. The first-order chi connectivity index (χ1) is 15.7. The summed E-state index contributed by atoms with van der Waals surface area (Å²) in [6.45, 7) is 4.69. The van der Waals surface area contributed by atoms with E-state index in [1.165, 1.54) is 6.92 Å². The minimum atomic E-state index is -1.02. The SMILES string of the molecule is CN[C@@H](C)C(=O)N[C@@H](CCC(=O)O)C(=O)N1CCC[C@H]1CN(CCc1ccccc1)C(C)=O. The van der Waals surface area contributed by atoms with Crippen molar-refractivity contribution in [2.24, 2.45) is 0 Å². The number of hydrogen-bond acceptors (Lipinski definition) is 5. The lowest BCUT2D eigenvalue weighted by Gasteiger charge is -2.33. The van der Waals surface area contributed by atoms with Crippen LogP contribution in [0.15, 0.2) is 30.3 Å². The van der Waals surface area contributed by atoms with Crippen LogP contribution in [0.3, 0.4) is 0 Å². The molecule has 0 unspecified atom stereocenters. The predicted molar refractivity (Wildman–Crippen MR) is 124 cm³/mol. The van der Waals surface area contributed by atoms with Gasteiger partial charge in [-0.15, -0.1) is 0 Å². The summed E-state index contributed by atoms with van der Waals surface area (Å²) in [6, 6.07) is 8.33. The van der Waals surface area contributed by atoms with Gasteiger partial charge < -0.3 is 25.5 Å². The van der Waals surface area contributed by atoms with Crippen molar-refractivity contribution < 1.29 is 24.3 Å². The van der Waals surface area contributed by atoms with E-state index in [-0.39, 0.29) is 36.6 Å². The standard InChI is InChI=1S/C24H36N4O5/c1-17(25-3)23(32)26-21(11-12-22(30)31)24(33)28-14-7-10-20(28)16-27(18(2)29)15-13-19-8-5-4-6-9-19/h4-6,8-9,17,20-21,25H,7,10-16H2,1-3H3,(H,26,32)(H,30,31)/t17-,20-,21-/m0/s1. The van der Waals surface area contributed by atoms with E-state index >= 15 is 0 Å². The Labute approximate surface area is 195 Å². The zero-order chi connectivity index (χ0) is 24.4. The van der Waals surface area contributed by atoms with E-state index in [0.717, 1.165) is 24.8 Å². The van der Waals surface area contributed by atoms with Gasteiger partial charge in [0.2, 0.25) is 17.7 Å². The van der Waals surface area contributed by atoms with Crippen LogP contribution in [0.25, 0.3) is 0 Å². The van der Waals surface area contributed by atoms with Crippen molar-refractivity contribution in [1.29, 1.82) is 0 Å². The molecule has 0 saturated carbocycles. The van der Waals surface area contributed by atoms with E-state index in [2.05, 4.69) is 10.6 Å². The molecule has 9 nitrogen and oxygen atoms in total. The number of likely N-dealkylation sites (tertiary alicyclic amines) is 1. The smallest absolute Gasteiger partial charge is 0.303 e. The molecule has 3 amide bonds. The van der Waals surface area contributed by atoms with Crippen molar-refractivity contribution in [3.05, 3.63) is 35.9 Å². The second-order valence-electron chi connectivity index (χ2n) is 8.53. The van der Waals surface area contributed by atoms with E-state index in [9.17, 15) is 19.2 Å². The van der Waals surface area contributed by atoms with E-state index in [1.54, 1.807) is 23.8 Å². The van der Waals surface area contributed by atoms with Crippen molar-refractivity contribution >= 4 is 23.7 Å². The molecule has 0 aliphatic carbocycles. The van der Waals surface area contributed by atoms with Crippen LogP contribution in [0.4, 0.5) is 0 Å². The molecular weight excluding hydrogens is 424 g/mol. The summed E-state index contributed by atoms with van der Waals surface area (Å²) in [6.07, 6.45) is 2.07. The molecule has 182 valence electrons. The van der Waals surface area contributed by atoms with Gasteiger partial charge in [0, 0.05) is 39.0 Å². The Morgan fingerprint density at radius 1 is 1.21 bits per heavy atom. The summed E-state index contributed by atoms with van der Waals surface area (Å²) in [5, 5.41) is 14.6. The van der Waals surface area contributed by atoms with Crippen molar-refractivity contribution in [3.63, 3.8) is 0 Å². The fourth-order valence-corrected chi connectivity index (χ4v) is 4.01. The third kappa shape index (κ3) is 8.16. The lowest BCUT2D eigenvalue weighted by atomic mass is 10.1. The fraction of sp³-hybridized carbons (Fsp3) is 0.583. The molecule has 1 aliphatic heterocycles. The molecule has 2 rings (SSSR count). The highest BCUT2D eigenvalue weighted by Crippen LogP contribution is 2.21. The predicted octanol–water partition coefficient (Wildman–Crippen LogP) is 1.03. The van der Waals surface area contributed by atoms with Crippen molar-refractivity contribution in [3.8, 4) is 0 Å². The molecule has 1 aliphatic rings. The van der Waals surface area contributed by atoms with Gasteiger partial charge in [0.15, 0.2) is 0 Å². The van der Waals surface area contributed by atoms with E-state index < -0.39 is 18.1 Å². The van der Waals surface area contributed by atoms with Gasteiger partial charge in [-0.2, -0.15) is 0 Å². The molecule has 1 aromatic rings. The average Bonchev–Trinajstić information content (AvgIpc) is 3.26. The Bertz CT molecular complexity index is 816. The fourth-order valence-electron chi connectivity index (χ4n) is 4.01. The number of carboxylic acids is 1. The van der Waals surface area contributed by atoms with Crippen LogP contribution in [0.2, 0.25) is 0 Å². The first-order valence-electron chi connectivity index (χ1n) is 11.5. The van der Waals surface area contributed by atoms with Crippen LogP contribution in [0, 0.1) is 0 Å². The topological polar surface area (TPSA) is 119 Å². The molecule has 0 aromatic heterocycles. The second-order valence-corrected chi connectivity index (χ2v) is 8.53. The number of carboxylic acid groups (broad SMARTS) is 1. The molecule has 0 radical (unpaired) electrons. The summed E-state index contributed by atoms with van der Waals surface area (Å²) >= 11 is 0.